The summed E-state index contributed by atoms with van der Waals surface area (Å²) in [6.07, 6.45) is 11.2. The highest BCUT2D eigenvalue weighted by atomic mass is 32.2. The summed E-state index contributed by atoms with van der Waals surface area (Å²) >= 11 is 1.34. The van der Waals surface area contributed by atoms with Gasteiger partial charge in [-0.25, -0.2) is 4.40 Å². The average Bonchev–Trinajstić information content (AvgIpc) is 2.88. The number of nitrogens with zero attached hydrogens (tertiary/aromatic N) is 2. The van der Waals surface area contributed by atoms with E-state index < -0.39 is 5.72 Å². The Labute approximate surface area is 120 Å². The van der Waals surface area contributed by atoms with Gasteiger partial charge in [0.05, 0.1) is 24.6 Å². The molecule has 2 atom stereocenters. The van der Waals surface area contributed by atoms with Crippen LogP contribution in [0.25, 0.3) is 0 Å². The molecule has 0 spiro atoms. The summed E-state index contributed by atoms with van der Waals surface area (Å²) in [5, 5.41) is 0. The van der Waals surface area contributed by atoms with Crippen LogP contribution >= 0.6 is 12.1 Å². The van der Waals surface area contributed by atoms with E-state index in [0.29, 0.717) is 6.04 Å². The molecule has 19 heavy (non-hydrogen) atoms. The Morgan fingerprint density at radius 2 is 2.53 bits per heavy atom. The number of hydrogen-bond donors (Lipinski definition) is 1. The van der Waals surface area contributed by atoms with Gasteiger partial charge in [-0.3, -0.25) is 4.90 Å². The van der Waals surface area contributed by atoms with Gasteiger partial charge in [-0.2, -0.15) is 4.72 Å². The molecule has 0 aromatic heterocycles. The first-order valence-corrected chi connectivity index (χ1v) is 7.65. The van der Waals surface area contributed by atoms with Gasteiger partial charge in [-0.1, -0.05) is 19.4 Å². The van der Waals surface area contributed by atoms with Gasteiger partial charge < -0.3 is 4.74 Å². The van der Waals surface area contributed by atoms with Gasteiger partial charge in [0.2, 0.25) is 5.72 Å². The van der Waals surface area contributed by atoms with Crippen molar-refractivity contribution in [2.24, 2.45) is 4.40 Å². The molecule has 0 bridgehead atoms. The predicted octanol–water partition coefficient (Wildman–Crippen LogP) is 2.90. The molecule has 1 N–H and O–H groups in total. The van der Waals surface area contributed by atoms with E-state index in [1.165, 1.54) is 17.7 Å². The molecule has 0 radical (unpaired) electrons. The zero-order valence-electron chi connectivity index (χ0n) is 11.9. The van der Waals surface area contributed by atoms with Crippen molar-refractivity contribution in [3.63, 3.8) is 0 Å². The third-order valence-electron chi connectivity index (χ3n) is 3.64. The summed E-state index contributed by atoms with van der Waals surface area (Å²) in [5.74, 6) is 0. The Hall–Kier alpha value is -0.780. The smallest absolute Gasteiger partial charge is 0.230 e. The molecule has 106 valence electrons. The summed E-state index contributed by atoms with van der Waals surface area (Å²) in [6, 6.07) is 0.586. The molecule has 0 saturated heterocycles. The lowest BCUT2D eigenvalue weighted by molar-refractivity contribution is 0.104. The first kappa shape index (κ1) is 14.6. The van der Waals surface area contributed by atoms with E-state index in [9.17, 15) is 0 Å². The van der Waals surface area contributed by atoms with E-state index in [1.54, 1.807) is 6.26 Å². The maximum absolute atomic E-state index is 5.96. The van der Waals surface area contributed by atoms with Crippen molar-refractivity contribution in [2.75, 3.05) is 13.6 Å². The van der Waals surface area contributed by atoms with Gasteiger partial charge in [0.15, 0.2) is 0 Å². The summed E-state index contributed by atoms with van der Waals surface area (Å²) in [5.41, 5.74) is 0.673. The van der Waals surface area contributed by atoms with Crippen LogP contribution in [0.1, 0.15) is 33.1 Å². The molecule has 2 rings (SSSR count). The van der Waals surface area contributed by atoms with Crippen molar-refractivity contribution in [2.45, 2.75) is 44.9 Å². The lowest BCUT2D eigenvalue weighted by atomic mass is 9.97. The third kappa shape index (κ3) is 3.41. The monoisotopic (exact) mass is 281 g/mol. The Balaban J connectivity index is 2.09. The fraction of sp³-hybridized carbons (Fsp3) is 0.643. The number of unbranched alkanes of at least 4 members (excludes halogenated alkanes) is 1. The molecule has 2 unspecified atom stereocenters. The van der Waals surface area contributed by atoms with Crippen LogP contribution in [0.3, 0.4) is 0 Å². The van der Waals surface area contributed by atoms with E-state index >= 15 is 0 Å². The minimum atomic E-state index is -0.566. The van der Waals surface area contributed by atoms with Gasteiger partial charge in [0.25, 0.3) is 0 Å². The van der Waals surface area contributed by atoms with Gasteiger partial charge in [-0.05, 0) is 32.9 Å². The van der Waals surface area contributed by atoms with Crippen molar-refractivity contribution in [1.29, 1.82) is 0 Å². The quantitative estimate of drug-likeness (QED) is 0.477. The highest BCUT2D eigenvalue weighted by Gasteiger charge is 2.39. The van der Waals surface area contributed by atoms with Crippen LogP contribution < -0.4 is 4.72 Å². The lowest BCUT2D eigenvalue weighted by Gasteiger charge is -2.36. The van der Waals surface area contributed by atoms with Crippen LogP contribution in [0.15, 0.2) is 28.4 Å². The topological polar surface area (TPSA) is 36.9 Å². The first-order chi connectivity index (χ1) is 9.18. The molecule has 0 aromatic rings. The minimum absolute atomic E-state index is 0.566. The molecule has 2 aliphatic heterocycles. The molecule has 0 aliphatic carbocycles. The van der Waals surface area contributed by atoms with Gasteiger partial charge in [0.1, 0.15) is 0 Å². The number of nitrogens with one attached hydrogen (secondary N) is 1. The Kier molecular flexibility index (Phi) is 5.07. The Morgan fingerprint density at radius 1 is 1.68 bits per heavy atom. The van der Waals surface area contributed by atoms with Crippen molar-refractivity contribution in [3.05, 3.63) is 24.0 Å². The van der Waals surface area contributed by atoms with E-state index in [-0.39, 0.29) is 0 Å². The standard InChI is InChI=1S/C14H23N3OS/c1-4-5-6-9-18-14(11-15-19-16-14)13-8-7-12(2)17(3)10-13/h6,8-9,11-12,16H,4-5,7,10H2,1-3H3. The minimum Gasteiger partial charge on any atom is -0.471 e. The van der Waals surface area contributed by atoms with Gasteiger partial charge in [0, 0.05) is 18.2 Å². The Morgan fingerprint density at radius 3 is 3.16 bits per heavy atom. The number of ether oxygens (including phenoxy) is 1. The molecule has 0 fully saturated rings. The van der Waals surface area contributed by atoms with Gasteiger partial charge >= 0.3 is 0 Å². The van der Waals surface area contributed by atoms with E-state index in [2.05, 4.69) is 47.1 Å². The van der Waals surface area contributed by atoms with Crippen LogP contribution in [0.2, 0.25) is 0 Å². The largest absolute Gasteiger partial charge is 0.471 e. The molecule has 4 nitrogen and oxygen atoms in total. The second-order valence-corrected chi connectivity index (χ2v) is 5.77. The van der Waals surface area contributed by atoms with Crippen LogP contribution in [0.4, 0.5) is 0 Å². The summed E-state index contributed by atoms with van der Waals surface area (Å²) in [4.78, 5) is 2.34. The van der Waals surface area contributed by atoms with Crippen molar-refractivity contribution in [3.8, 4) is 0 Å². The summed E-state index contributed by atoms with van der Waals surface area (Å²) in [6.45, 7) is 5.31. The van der Waals surface area contributed by atoms with Crippen LogP contribution in [-0.2, 0) is 4.74 Å². The second kappa shape index (κ2) is 6.59. The molecule has 2 aliphatic rings. The molecule has 0 amide bonds. The number of allylic oxidation sites excluding steroid dienone is 1. The fourth-order valence-corrected chi connectivity index (χ4v) is 2.76. The molecular weight excluding hydrogens is 258 g/mol. The average molecular weight is 281 g/mol. The first-order valence-electron chi connectivity index (χ1n) is 6.88. The van der Waals surface area contributed by atoms with Crippen molar-refractivity contribution >= 4 is 18.3 Å². The summed E-state index contributed by atoms with van der Waals surface area (Å²) < 4.78 is 13.5. The highest BCUT2D eigenvalue weighted by molar-refractivity contribution is 7.96. The van der Waals surface area contributed by atoms with E-state index in [0.717, 1.165) is 25.8 Å². The van der Waals surface area contributed by atoms with Crippen LogP contribution in [-0.4, -0.2) is 36.5 Å². The fourth-order valence-electron chi connectivity index (χ4n) is 2.14. The number of likely N-dealkylation sites (N-methyl/N-ethyl adjacent to an activating group) is 1. The van der Waals surface area contributed by atoms with Crippen LogP contribution in [0, 0.1) is 0 Å². The predicted molar refractivity (Wildman–Crippen MR) is 81.9 cm³/mol. The molecular formula is C14H23N3OS. The zero-order valence-corrected chi connectivity index (χ0v) is 12.7. The number of hydrogen-bond acceptors (Lipinski definition) is 5. The van der Waals surface area contributed by atoms with Crippen LogP contribution in [0.5, 0.6) is 0 Å². The SMILES string of the molecule is CCCC=COC1(C2=CCC(C)N(C)C2)C=NSN1. The molecule has 0 saturated carbocycles. The third-order valence-corrected chi connectivity index (χ3v) is 4.25. The van der Waals surface area contributed by atoms with E-state index in [1.807, 2.05) is 6.21 Å². The van der Waals surface area contributed by atoms with Crippen molar-refractivity contribution in [1.82, 2.24) is 9.62 Å². The number of rotatable bonds is 5. The molecule has 0 aromatic carbocycles. The second-order valence-electron chi connectivity index (χ2n) is 5.17. The molecule has 2 heterocycles. The highest BCUT2D eigenvalue weighted by Crippen LogP contribution is 2.30. The van der Waals surface area contributed by atoms with E-state index in [4.69, 9.17) is 4.74 Å². The zero-order chi connectivity index (χ0) is 13.7. The van der Waals surface area contributed by atoms with Gasteiger partial charge in [-0.15, -0.1) is 0 Å². The normalized spacial score (nSPS) is 31.9. The maximum atomic E-state index is 5.96. The Bertz CT molecular complexity index is 394. The summed E-state index contributed by atoms with van der Waals surface area (Å²) in [7, 11) is 2.15. The van der Waals surface area contributed by atoms with Crippen molar-refractivity contribution < 1.29 is 4.74 Å². The maximum Gasteiger partial charge on any atom is 0.230 e. The lowest BCUT2D eigenvalue weighted by Crippen LogP contribution is -2.49. The molecule has 5 heteroatoms.